The van der Waals surface area contributed by atoms with E-state index in [4.69, 9.17) is 0 Å². The van der Waals surface area contributed by atoms with Gasteiger partial charge in [0.25, 0.3) is 0 Å². The predicted molar refractivity (Wildman–Crippen MR) is 95.7 cm³/mol. The molecule has 0 spiro atoms. The number of aryl methyl sites for hydroxylation is 3. The fraction of sp³-hybridized carbons (Fsp3) is 0.273. The van der Waals surface area contributed by atoms with Gasteiger partial charge >= 0.3 is 0 Å². The summed E-state index contributed by atoms with van der Waals surface area (Å²) in [4.78, 5) is 0. The van der Waals surface area contributed by atoms with Crippen LogP contribution < -0.4 is 0 Å². The number of hydrogen-bond acceptors (Lipinski definition) is 0. The van der Waals surface area contributed by atoms with Crippen molar-refractivity contribution in [3.8, 4) is 11.1 Å². The Morgan fingerprint density at radius 2 is 1.27 bits per heavy atom. The first-order valence-corrected chi connectivity index (χ1v) is 8.06. The zero-order valence-corrected chi connectivity index (χ0v) is 14.0. The smallest absolute Gasteiger partial charge is 0.0159 e. The van der Waals surface area contributed by atoms with Crippen LogP contribution >= 0.6 is 0 Å². The van der Waals surface area contributed by atoms with Gasteiger partial charge in [0, 0.05) is 5.41 Å². The lowest BCUT2D eigenvalue weighted by atomic mass is 9.80. The average Bonchev–Trinajstić information content (AvgIpc) is 2.69. The highest BCUT2D eigenvalue weighted by molar-refractivity contribution is 6.04. The van der Waals surface area contributed by atoms with Gasteiger partial charge in [0.1, 0.15) is 0 Å². The van der Waals surface area contributed by atoms with Crippen molar-refractivity contribution >= 4 is 10.8 Å². The number of benzene rings is 3. The maximum Gasteiger partial charge on any atom is 0.0159 e. The fourth-order valence-electron chi connectivity index (χ4n) is 4.02. The quantitative estimate of drug-likeness (QED) is 0.470. The van der Waals surface area contributed by atoms with E-state index in [2.05, 4.69) is 77.1 Å². The van der Waals surface area contributed by atoms with Crippen molar-refractivity contribution in [2.75, 3.05) is 0 Å². The van der Waals surface area contributed by atoms with Gasteiger partial charge in [-0.15, -0.1) is 0 Å². The Kier molecular flexibility index (Phi) is 2.61. The number of fused-ring (bicyclic) bond motifs is 5. The largest absolute Gasteiger partial charge is 0.0616 e. The summed E-state index contributed by atoms with van der Waals surface area (Å²) in [5, 5.41) is 2.77. The van der Waals surface area contributed by atoms with E-state index in [1.165, 1.54) is 49.7 Å². The minimum absolute atomic E-state index is 0.0813. The van der Waals surface area contributed by atoms with Crippen LogP contribution in [0.1, 0.15) is 41.7 Å². The molecule has 0 saturated carbocycles. The summed E-state index contributed by atoms with van der Waals surface area (Å²) in [6.07, 6.45) is 0. The minimum atomic E-state index is 0.0813. The van der Waals surface area contributed by atoms with Crippen molar-refractivity contribution < 1.29 is 0 Å². The van der Waals surface area contributed by atoms with Crippen LogP contribution in [0.2, 0.25) is 0 Å². The molecule has 0 fully saturated rings. The highest BCUT2D eigenvalue weighted by Crippen LogP contribution is 2.52. The molecule has 3 aromatic rings. The van der Waals surface area contributed by atoms with Crippen LogP contribution in [-0.4, -0.2) is 0 Å². The Morgan fingerprint density at radius 1 is 0.682 bits per heavy atom. The molecule has 0 amide bonds. The van der Waals surface area contributed by atoms with E-state index in [-0.39, 0.29) is 5.41 Å². The molecule has 4 rings (SSSR count). The van der Waals surface area contributed by atoms with Gasteiger partial charge in [-0.05, 0) is 70.5 Å². The minimum Gasteiger partial charge on any atom is -0.0616 e. The van der Waals surface area contributed by atoms with Crippen LogP contribution in [0.25, 0.3) is 21.9 Å². The first-order valence-electron chi connectivity index (χ1n) is 8.06. The lowest BCUT2D eigenvalue weighted by Gasteiger charge is -2.23. The molecule has 0 N–H and O–H groups in total. The van der Waals surface area contributed by atoms with Crippen molar-refractivity contribution in [1.29, 1.82) is 0 Å². The second-order valence-corrected chi connectivity index (χ2v) is 7.27. The summed E-state index contributed by atoms with van der Waals surface area (Å²) in [6.45, 7) is 11.4. The van der Waals surface area contributed by atoms with Gasteiger partial charge in [0.15, 0.2) is 0 Å². The summed E-state index contributed by atoms with van der Waals surface area (Å²) in [5.74, 6) is 0. The van der Waals surface area contributed by atoms with E-state index < -0.39 is 0 Å². The Bertz CT molecular complexity index is 926. The molecule has 0 aliphatic heterocycles. The van der Waals surface area contributed by atoms with Crippen LogP contribution in [0.5, 0.6) is 0 Å². The molecule has 1 aliphatic rings. The molecule has 1 aliphatic carbocycles. The normalized spacial score (nSPS) is 15.0. The first-order chi connectivity index (χ1) is 10.4. The summed E-state index contributed by atoms with van der Waals surface area (Å²) < 4.78 is 0. The number of hydrogen-bond donors (Lipinski definition) is 0. The van der Waals surface area contributed by atoms with Crippen LogP contribution in [0.3, 0.4) is 0 Å². The molecular formula is C22H22. The molecule has 0 radical (unpaired) electrons. The fourth-order valence-corrected chi connectivity index (χ4v) is 4.02. The average molecular weight is 286 g/mol. The van der Waals surface area contributed by atoms with Crippen LogP contribution in [0.4, 0.5) is 0 Å². The van der Waals surface area contributed by atoms with Crippen molar-refractivity contribution in [3.63, 3.8) is 0 Å². The molecule has 0 aromatic heterocycles. The SMILES string of the molecule is Cc1cc2c(cc1C)C(C)(C)c1cc(C)c3ccccc3c1-2. The molecule has 0 atom stereocenters. The molecule has 0 heteroatoms. The van der Waals surface area contributed by atoms with E-state index in [1.807, 2.05) is 0 Å². The standard InChI is InChI=1S/C22H22/c1-13-10-18-19(11-14(13)2)22(4,5)20-12-15(3)16-8-6-7-9-17(16)21(18)20/h6-12H,1-5H3. The molecular weight excluding hydrogens is 264 g/mol. The number of rotatable bonds is 0. The topological polar surface area (TPSA) is 0 Å². The van der Waals surface area contributed by atoms with Gasteiger partial charge in [-0.25, -0.2) is 0 Å². The molecule has 3 aromatic carbocycles. The highest BCUT2D eigenvalue weighted by Gasteiger charge is 2.37. The second kappa shape index (κ2) is 4.23. The van der Waals surface area contributed by atoms with E-state index in [0.29, 0.717) is 0 Å². The molecule has 22 heavy (non-hydrogen) atoms. The van der Waals surface area contributed by atoms with E-state index in [9.17, 15) is 0 Å². The van der Waals surface area contributed by atoms with E-state index in [0.717, 1.165) is 0 Å². The lowest BCUT2D eigenvalue weighted by Crippen LogP contribution is -2.15. The van der Waals surface area contributed by atoms with Crippen molar-refractivity contribution in [1.82, 2.24) is 0 Å². The van der Waals surface area contributed by atoms with E-state index in [1.54, 1.807) is 0 Å². The third-order valence-electron chi connectivity index (χ3n) is 5.50. The molecule has 0 unspecified atom stereocenters. The molecule has 0 heterocycles. The molecule has 0 nitrogen and oxygen atoms in total. The van der Waals surface area contributed by atoms with Crippen LogP contribution in [0.15, 0.2) is 42.5 Å². The molecule has 0 bridgehead atoms. The van der Waals surface area contributed by atoms with Gasteiger partial charge in [-0.2, -0.15) is 0 Å². The Balaban J connectivity index is 2.22. The van der Waals surface area contributed by atoms with E-state index >= 15 is 0 Å². The van der Waals surface area contributed by atoms with Gasteiger partial charge in [-0.3, -0.25) is 0 Å². The second-order valence-electron chi connectivity index (χ2n) is 7.27. The Hall–Kier alpha value is -2.08. The predicted octanol–water partition coefficient (Wildman–Crippen LogP) is 6.07. The summed E-state index contributed by atoms with van der Waals surface area (Å²) in [5.41, 5.74) is 10.1. The van der Waals surface area contributed by atoms with Crippen molar-refractivity contribution in [2.45, 2.75) is 40.0 Å². The Labute approximate surface area is 132 Å². The van der Waals surface area contributed by atoms with Gasteiger partial charge in [-0.1, -0.05) is 56.3 Å². The zero-order chi connectivity index (χ0) is 15.6. The first kappa shape index (κ1) is 13.6. The maximum atomic E-state index is 2.41. The lowest BCUT2D eigenvalue weighted by molar-refractivity contribution is 0.659. The summed E-state index contributed by atoms with van der Waals surface area (Å²) in [7, 11) is 0. The van der Waals surface area contributed by atoms with Gasteiger partial charge in [0.2, 0.25) is 0 Å². The third-order valence-corrected chi connectivity index (χ3v) is 5.50. The van der Waals surface area contributed by atoms with Gasteiger partial charge in [0.05, 0.1) is 0 Å². The van der Waals surface area contributed by atoms with Crippen LogP contribution in [0, 0.1) is 20.8 Å². The molecule has 0 saturated heterocycles. The third kappa shape index (κ3) is 1.58. The van der Waals surface area contributed by atoms with Crippen molar-refractivity contribution in [3.05, 3.63) is 70.3 Å². The zero-order valence-electron chi connectivity index (χ0n) is 14.0. The molecule has 110 valence electrons. The van der Waals surface area contributed by atoms with Crippen molar-refractivity contribution in [2.24, 2.45) is 0 Å². The monoisotopic (exact) mass is 286 g/mol. The van der Waals surface area contributed by atoms with Gasteiger partial charge < -0.3 is 0 Å². The summed E-state index contributed by atoms with van der Waals surface area (Å²) in [6, 6.07) is 16.0. The summed E-state index contributed by atoms with van der Waals surface area (Å²) >= 11 is 0. The Morgan fingerprint density at radius 3 is 2.00 bits per heavy atom. The van der Waals surface area contributed by atoms with Crippen LogP contribution in [-0.2, 0) is 5.41 Å². The maximum absolute atomic E-state index is 2.41. The highest BCUT2D eigenvalue weighted by atomic mass is 14.4.